The molecular weight excluding hydrogens is 1130 g/mol. The number of anilines is 1. The summed E-state index contributed by atoms with van der Waals surface area (Å²) in [6, 6.07) is 23.2. The van der Waals surface area contributed by atoms with E-state index in [1.165, 1.54) is 33.5 Å². The van der Waals surface area contributed by atoms with Gasteiger partial charge in [-0.2, -0.15) is 0 Å². The van der Waals surface area contributed by atoms with E-state index >= 15 is 0 Å². The number of likely N-dealkylation sites (tertiary alicyclic amines) is 1. The van der Waals surface area contributed by atoms with Gasteiger partial charge in [-0.3, -0.25) is 24.5 Å². The third kappa shape index (κ3) is 21.6. The number of thiazole rings is 1. The molecule has 0 radical (unpaired) electrons. The number of hydrogen-bond acceptors (Lipinski definition) is 14. The molecule has 2 amide bonds. The first-order chi connectivity index (χ1) is 41.5. The minimum Gasteiger partial charge on any atom is -0.444 e. The molecule has 0 saturated carbocycles. The Labute approximate surface area is 526 Å². The third-order valence-corrected chi connectivity index (χ3v) is 16.9. The van der Waals surface area contributed by atoms with Gasteiger partial charge in [0.2, 0.25) is 6.41 Å². The van der Waals surface area contributed by atoms with E-state index in [2.05, 4.69) is 127 Å². The van der Waals surface area contributed by atoms with Crippen LogP contribution in [0, 0.1) is 45.0 Å². The van der Waals surface area contributed by atoms with Crippen LogP contribution in [0.3, 0.4) is 0 Å². The fourth-order valence-corrected chi connectivity index (χ4v) is 11.9. The summed E-state index contributed by atoms with van der Waals surface area (Å²) in [6.07, 6.45) is 10.3. The highest BCUT2D eigenvalue weighted by Crippen LogP contribution is 2.40. The average molecular weight is 1220 g/mol. The molecule has 3 atom stereocenters. The van der Waals surface area contributed by atoms with Gasteiger partial charge < -0.3 is 29.2 Å². The summed E-state index contributed by atoms with van der Waals surface area (Å²) in [4.78, 5) is 58.6. The highest BCUT2D eigenvalue weighted by atomic mass is 32.1. The van der Waals surface area contributed by atoms with Gasteiger partial charge >= 0.3 is 6.09 Å². The molecule has 0 aliphatic carbocycles. The van der Waals surface area contributed by atoms with Crippen LogP contribution in [0.25, 0.3) is 15.4 Å². The second-order valence-electron chi connectivity index (χ2n) is 23.7. The van der Waals surface area contributed by atoms with Crippen LogP contribution < -0.4 is 10.6 Å². The van der Waals surface area contributed by atoms with E-state index in [9.17, 15) is 14.4 Å². The molecule has 5 heterocycles. The standard InChI is InChI=1S/C50H66N6O5S.C16H18N2OS.C2H4O.C2H6/c1-13-15-41(51-35(5)49(7,8)9)22-19-38-29-39(31-42(30-38)52-48(58)61-50(10,11)12)23-25-60-27-26-59-24-14-16-37-17-20-40(21-18-37)45-44-33(3)34(4)62-47(44)56-36(6)54-55-46(56)43(53-45)28-32(2)57;1-12-16(20-10-17-12)14-6-4-13(5-7-14)9-15-3-2-8-18(15)11-19;1-2-3;1-2/h15,17-18,20-21,29-31,35,43,51H,13,19,22-28H2,1-12H3,(H,52,58);4-7,10-11,15H,2-3,8-9H2,1H3;2H,1H3;1-2H3/b41-15+;;;/t35?,43-;;;/m0.../s1. The summed E-state index contributed by atoms with van der Waals surface area (Å²) < 4.78 is 19.3. The Kier molecular flexibility index (Phi) is 28.0. The molecular formula is C70H94N8O7S2. The molecule has 2 aliphatic heterocycles. The van der Waals surface area contributed by atoms with Crippen molar-refractivity contribution in [1.82, 2.24) is 30.0 Å². The van der Waals surface area contributed by atoms with E-state index in [4.69, 9.17) is 24.0 Å². The Bertz CT molecular complexity index is 3310. The van der Waals surface area contributed by atoms with Crippen LogP contribution >= 0.6 is 22.7 Å². The third-order valence-electron chi connectivity index (χ3n) is 14.7. The number of nitrogens with one attached hydrogen (secondary N) is 2. The van der Waals surface area contributed by atoms with Crippen LogP contribution in [-0.4, -0.2) is 106 Å². The molecule has 0 spiro atoms. The Morgan fingerprint density at radius 1 is 0.874 bits per heavy atom. The predicted octanol–water partition coefficient (Wildman–Crippen LogP) is 14.9. The Balaban J connectivity index is 0.000000456. The number of allylic oxidation sites excluding steroid dienone is 2. The van der Waals surface area contributed by atoms with Crippen molar-refractivity contribution >= 4 is 58.6 Å². The summed E-state index contributed by atoms with van der Waals surface area (Å²) in [6.45, 7) is 34.5. The minimum absolute atomic E-state index is 0.0493. The molecule has 17 heteroatoms. The number of aryl methyl sites for hydroxylation is 4. The Hall–Kier alpha value is -7.10. The molecule has 1 fully saturated rings. The molecule has 2 aliphatic rings. The van der Waals surface area contributed by atoms with Crippen LogP contribution in [0.15, 0.2) is 89.0 Å². The zero-order valence-corrected chi connectivity index (χ0v) is 56.1. The van der Waals surface area contributed by atoms with E-state index in [-0.39, 0.29) is 24.2 Å². The number of benzene rings is 3. The number of ether oxygens (including phenoxy) is 3. The van der Waals surface area contributed by atoms with E-state index in [1.54, 1.807) is 29.6 Å². The summed E-state index contributed by atoms with van der Waals surface area (Å²) in [5, 5.41) is 16.5. The fourth-order valence-electron chi connectivity index (χ4n) is 9.84. The topological polar surface area (TPSA) is 179 Å². The van der Waals surface area contributed by atoms with Crippen LogP contribution in [0.4, 0.5) is 10.5 Å². The number of rotatable bonds is 21. The van der Waals surface area contributed by atoms with Gasteiger partial charge in [-0.25, -0.2) is 9.78 Å². The van der Waals surface area contributed by atoms with Gasteiger partial charge in [-0.15, -0.1) is 32.9 Å². The van der Waals surface area contributed by atoms with Crippen LogP contribution in [-0.2, 0) is 47.9 Å². The lowest BCUT2D eigenvalue weighted by atomic mass is 9.87. The minimum atomic E-state index is -0.597. The molecule has 6 aromatic rings. The monoisotopic (exact) mass is 1220 g/mol. The van der Waals surface area contributed by atoms with Crippen LogP contribution in [0.5, 0.6) is 0 Å². The van der Waals surface area contributed by atoms with Crippen molar-refractivity contribution in [2.45, 2.75) is 186 Å². The van der Waals surface area contributed by atoms with Gasteiger partial charge in [0, 0.05) is 58.0 Å². The van der Waals surface area contributed by atoms with Crippen molar-refractivity contribution < 1.29 is 33.4 Å². The number of hydrogen-bond donors (Lipinski definition) is 2. The highest BCUT2D eigenvalue weighted by Gasteiger charge is 2.32. The smallest absolute Gasteiger partial charge is 0.412 e. The van der Waals surface area contributed by atoms with E-state index in [0.29, 0.717) is 49.8 Å². The number of aromatic nitrogens is 4. The second-order valence-corrected chi connectivity index (χ2v) is 25.7. The van der Waals surface area contributed by atoms with Crippen molar-refractivity contribution in [2.24, 2.45) is 10.4 Å². The molecule has 15 nitrogen and oxygen atoms in total. The molecule has 2 N–H and O–H groups in total. The maximum absolute atomic E-state index is 12.7. The number of aliphatic imine (C=N–C) groups is 1. The normalized spacial score (nSPS) is 14.8. The van der Waals surface area contributed by atoms with E-state index in [1.807, 2.05) is 95.3 Å². The summed E-state index contributed by atoms with van der Waals surface area (Å²) in [7, 11) is 0. The molecule has 1 saturated heterocycles. The molecule has 8 rings (SSSR count). The summed E-state index contributed by atoms with van der Waals surface area (Å²) in [5.41, 5.74) is 14.1. The maximum Gasteiger partial charge on any atom is 0.412 e. The first kappa shape index (κ1) is 70.7. The number of fused-ring (bicyclic) bond motifs is 3. The number of nitrogens with zero attached hydrogens (tertiary/aromatic N) is 6. The van der Waals surface area contributed by atoms with E-state index < -0.39 is 17.7 Å². The van der Waals surface area contributed by atoms with Gasteiger partial charge in [0.25, 0.3) is 0 Å². The van der Waals surface area contributed by atoms with Crippen LogP contribution in [0.1, 0.15) is 182 Å². The van der Waals surface area contributed by atoms with Gasteiger partial charge in [-0.05, 0) is 172 Å². The zero-order chi connectivity index (χ0) is 63.8. The number of carbonyl (C=O) groups excluding carboxylic acids is 4. The van der Waals surface area contributed by atoms with Gasteiger partial charge in [0.15, 0.2) is 5.82 Å². The number of thiophene rings is 1. The Morgan fingerprint density at radius 2 is 1.54 bits per heavy atom. The summed E-state index contributed by atoms with van der Waals surface area (Å²) in [5.74, 6) is 7.84. The average Bonchev–Trinajstić information content (AvgIpc) is 1.66. The lowest BCUT2D eigenvalue weighted by molar-refractivity contribution is -0.119. The first-order valence-corrected chi connectivity index (χ1v) is 32.2. The van der Waals surface area contributed by atoms with Crippen LogP contribution in [0.2, 0.25) is 0 Å². The number of carbonyl (C=O) groups is 4. The second kappa shape index (κ2) is 34.4. The fraction of sp³-hybridized carbons (Fsp3) is 0.486. The van der Waals surface area contributed by atoms with Gasteiger partial charge in [-0.1, -0.05) is 102 Å². The van der Waals surface area contributed by atoms with Gasteiger partial charge in [0.05, 0.1) is 41.6 Å². The Morgan fingerprint density at radius 3 is 2.16 bits per heavy atom. The number of Topliss-reactive ketones (excluding diaryl/α,β-unsaturated/α-hetero) is 1. The SMILES string of the molecule is CC.CC/C=C(\CCc1cc(CCOCCOCC#Cc2ccc(C3=N[C@@H](CC(C)=O)c4nnc(C)n4-c4sc(C)c(C)c43)cc2)cc(NC(=O)OC(C)(C)C)c1)NC(C)C(C)(C)C.CC=O.Cc1ncsc1-c1ccc(CC2CCCN2C=O)cc1. The predicted molar refractivity (Wildman–Crippen MR) is 356 cm³/mol. The molecule has 3 aromatic carbocycles. The maximum atomic E-state index is 12.7. The van der Waals surface area contributed by atoms with Crippen molar-refractivity contribution in [1.29, 1.82) is 0 Å². The molecule has 2 unspecified atom stereocenters. The number of ketones is 1. The van der Waals surface area contributed by atoms with Gasteiger partial charge in [0.1, 0.15) is 41.1 Å². The molecule has 468 valence electrons. The highest BCUT2D eigenvalue weighted by molar-refractivity contribution is 7.15. The lowest BCUT2D eigenvalue weighted by Crippen LogP contribution is -2.37. The number of amides is 2. The quantitative estimate of drug-likeness (QED) is 0.0398. The van der Waals surface area contributed by atoms with Crippen molar-refractivity contribution in [3.63, 3.8) is 0 Å². The number of aldehydes is 1. The van der Waals surface area contributed by atoms with E-state index in [0.717, 1.165) is 113 Å². The lowest BCUT2D eigenvalue weighted by Gasteiger charge is -2.30. The molecule has 87 heavy (non-hydrogen) atoms. The van der Waals surface area contributed by atoms with Crippen molar-refractivity contribution in [3.8, 4) is 27.3 Å². The zero-order valence-electron chi connectivity index (χ0n) is 54.4. The molecule has 3 aromatic heterocycles. The first-order valence-electron chi connectivity index (χ1n) is 30.6. The summed E-state index contributed by atoms with van der Waals surface area (Å²) >= 11 is 3.38. The van der Waals surface area contributed by atoms with Crippen molar-refractivity contribution in [3.05, 3.63) is 145 Å². The van der Waals surface area contributed by atoms with Crippen molar-refractivity contribution in [2.75, 3.05) is 38.3 Å². The molecule has 0 bridgehead atoms. The largest absolute Gasteiger partial charge is 0.444 e.